The first-order chi connectivity index (χ1) is 25.9. The first-order valence-electron chi connectivity index (χ1n) is 19.5. The number of rotatable bonds is 11. The van der Waals surface area contributed by atoms with E-state index in [0.29, 0.717) is 48.4 Å². The number of imidazole rings is 2. The number of methoxy groups -OCH3 is 1. The molecule has 5 atom stereocenters. The molecule has 0 aliphatic carbocycles. The number of fused-ring (bicyclic) bond motifs is 1. The summed E-state index contributed by atoms with van der Waals surface area (Å²) in [6, 6.07) is 13.9. The Balaban J connectivity index is 1.02. The lowest BCUT2D eigenvalue weighted by Crippen LogP contribution is -2.51. The van der Waals surface area contributed by atoms with Gasteiger partial charge in [0.15, 0.2) is 0 Å². The van der Waals surface area contributed by atoms with Crippen LogP contribution in [0.15, 0.2) is 54.9 Å². The van der Waals surface area contributed by atoms with Crippen molar-refractivity contribution in [2.45, 2.75) is 97.9 Å². The summed E-state index contributed by atoms with van der Waals surface area (Å²) >= 11 is 0. The van der Waals surface area contributed by atoms with E-state index in [9.17, 15) is 14.4 Å². The third kappa shape index (κ3) is 7.15. The number of carbonyl (C=O) groups is 3. The van der Waals surface area contributed by atoms with E-state index >= 15 is 0 Å². The van der Waals surface area contributed by atoms with Gasteiger partial charge in [0.25, 0.3) is 5.91 Å². The molecule has 0 bridgehead atoms. The summed E-state index contributed by atoms with van der Waals surface area (Å²) < 4.78 is 4.76. The summed E-state index contributed by atoms with van der Waals surface area (Å²) in [5.74, 6) is 2.69. The highest BCUT2D eigenvalue weighted by Gasteiger charge is 2.38. The predicted octanol–water partition coefficient (Wildman–Crippen LogP) is 7.49. The summed E-state index contributed by atoms with van der Waals surface area (Å²) in [5, 5.41) is 2.70. The number of aromatic amines is 2. The first-order valence-corrected chi connectivity index (χ1v) is 19.5. The summed E-state index contributed by atoms with van der Waals surface area (Å²) in [6.45, 7) is 15.3. The van der Waals surface area contributed by atoms with E-state index in [2.05, 4.69) is 60.0 Å². The van der Waals surface area contributed by atoms with Crippen LogP contribution in [0.5, 0.6) is 0 Å². The van der Waals surface area contributed by atoms with Gasteiger partial charge in [-0.3, -0.25) is 14.5 Å². The Labute approximate surface area is 318 Å². The van der Waals surface area contributed by atoms with Crippen molar-refractivity contribution in [3.05, 3.63) is 77.6 Å². The highest BCUT2D eigenvalue weighted by Crippen LogP contribution is 2.38. The quantitative estimate of drug-likeness (QED) is 0.145. The van der Waals surface area contributed by atoms with Crippen LogP contribution < -0.4 is 10.2 Å². The Morgan fingerprint density at radius 3 is 2.13 bits per heavy atom. The number of ether oxygens (including phenoxy) is 1. The van der Waals surface area contributed by atoms with Crippen molar-refractivity contribution in [3.63, 3.8) is 0 Å². The van der Waals surface area contributed by atoms with Crippen LogP contribution in [0.4, 0.5) is 10.5 Å². The van der Waals surface area contributed by atoms with Crippen LogP contribution in [0.3, 0.4) is 0 Å². The molecular formula is C42H54N8O4. The molecule has 2 fully saturated rings. The smallest absolute Gasteiger partial charge is 0.407 e. The zero-order chi connectivity index (χ0) is 38.3. The average Bonchev–Trinajstić information content (AvgIpc) is 4.02. The Morgan fingerprint density at radius 2 is 1.46 bits per heavy atom. The van der Waals surface area contributed by atoms with E-state index in [1.807, 2.05) is 55.3 Å². The number of anilines is 1. The molecule has 2 aromatic carbocycles. The van der Waals surface area contributed by atoms with E-state index in [-0.39, 0.29) is 23.8 Å². The normalized spacial score (nSPS) is 20.5. The average molecular weight is 735 g/mol. The second-order valence-corrected chi connectivity index (χ2v) is 16.0. The number of nitrogens with one attached hydrogen (secondary N) is 3. The molecular weight excluding hydrogens is 681 g/mol. The number of likely N-dealkylation sites (tertiary alicyclic amines) is 2. The van der Waals surface area contributed by atoms with Gasteiger partial charge in [-0.1, -0.05) is 52.8 Å². The van der Waals surface area contributed by atoms with Crippen molar-refractivity contribution in [1.29, 1.82) is 0 Å². The third-order valence-corrected chi connectivity index (χ3v) is 12.1. The molecule has 12 nitrogen and oxygen atoms in total. The van der Waals surface area contributed by atoms with Crippen LogP contribution in [0, 0.1) is 17.8 Å². The maximum atomic E-state index is 13.6. The molecule has 2 aromatic heterocycles. The van der Waals surface area contributed by atoms with Gasteiger partial charge in [0.2, 0.25) is 5.91 Å². The van der Waals surface area contributed by atoms with Gasteiger partial charge in [-0.2, -0.15) is 0 Å². The van der Waals surface area contributed by atoms with Gasteiger partial charge in [-0.15, -0.1) is 0 Å². The van der Waals surface area contributed by atoms with Crippen molar-refractivity contribution in [2.75, 3.05) is 25.1 Å². The van der Waals surface area contributed by atoms with Crippen molar-refractivity contribution >= 4 is 23.6 Å². The van der Waals surface area contributed by atoms with Crippen LogP contribution in [-0.2, 0) is 16.1 Å². The molecule has 2 unspecified atom stereocenters. The highest BCUT2D eigenvalue weighted by atomic mass is 16.5. The molecule has 0 radical (unpaired) electrons. The largest absolute Gasteiger partial charge is 0.453 e. The maximum absolute atomic E-state index is 13.6. The molecule has 12 heteroatoms. The van der Waals surface area contributed by atoms with Gasteiger partial charge in [-0.25, -0.2) is 14.8 Å². The second-order valence-electron chi connectivity index (χ2n) is 16.0. The molecule has 54 heavy (non-hydrogen) atoms. The Hall–Kier alpha value is -4.97. The summed E-state index contributed by atoms with van der Waals surface area (Å²) in [7, 11) is 1.29. The molecule has 286 valence electrons. The van der Waals surface area contributed by atoms with Crippen LogP contribution >= 0.6 is 0 Å². The fourth-order valence-electron chi connectivity index (χ4n) is 8.45. The molecule has 0 spiro atoms. The number of aromatic nitrogens is 4. The molecule has 3 aliphatic rings. The summed E-state index contributed by atoms with van der Waals surface area (Å²) in [6.07, 6.45) is 7.00. The second kappa shape index (κ2) is 15.4. The minimum Gasteiger partial charge on any atom is -0.453 e. The van der Waals surface area contributed by atoms with Crippen LogP contribution in [0.2, 0.25) is 0 Å². The van der Waals surface area contributed by atoms with Gasteiger partial charge in [0.05, 0.1) is 49.5 Å². The molecule has 5 heterocycles. The molecule has 3 N–H and O–H groups in total. The Bertz CT molecular complexity index is 1980. The van der Waals surface area contributed by atoms with E-state index in [4.69, 9.17) is 14.7 Å². The number of carbonyl (C=O) groups excluding carboxylic acids is 3. The SMILES string of the molecule is COC(=O)N[C@H](C(=O)N1CCC[C@H]1c1ncc(-c2ccc3c(c2)CN(c2ccc(-c4cnc(C5CCCN5C(C)[C@H](C)C(C)C)[nH]4)cc2)C3=O)[nH]1)C(C)C. The van der Waals surface area contributed by atoms with Crippen molar-refractivity contribution in [1.82, 2.24) is 35.1 Å². The Morgan fingerprint density at radius 1 is 0.833 bits per heavy atom. The van der Waals surface area contributed by atoms with Gasteiger partial charge in [0, 0.05) is 23.8 Å². The van der Waals surface area contributed by atoms with E-state index in [0.717, 1.165) is 65.4 Å². The maximum Gasteiger partial charge on any atom is 0.407 e. The van der Waals surface area contributed by atoms with Crippen LogP contribution in [-0.4, -0.2) is 79.9 Å². The standard InChI is InChI=1S/C42H54N8O4/c1-24(2)26(5)27(6)48-18-8-10-35(48)38-43-21-33(45-38)28-12-15-31(16-13-28)50-23-30-20-29(14-17-32(30)40(50)51)34-22-44-39(46-34)36-11-9-19-49(36)41(52)37(25(3)4)47-42(53)54-7/h12-17,20-22,24-27,35-37H,8-11,18-19,23H2,1-7H3,(H,43,45)(H,44,46)(H,47,53)/t26-,27?,35?,36+,37+/m1/s1. The van der Waals surface area contributed by atoms with Gasteiger partial charge < -0.3 is 29.8 Å². The molecule has 4 aromatic rings. The number of amides is 3. The zero-order valence-corrected chi connectivity index (χ0v) is 32.6. The fourth-order valence-corrected chi connectivity index (χ4v) is 8.45. The number of hydrogen-bond acceptors (Lipinski definition) is 7. The zero-order valence-electron chi connectivity index (χ0n) is 32.6. The van der Waals surface area contributed by atoms with Crippen LogP contribution in [0.25, 0.3) is 22.5 Å². The number of nitrogens with zero attached hydrogens (tertiary/aromatic N) is 5. The number of alkyl carbamates (subject to hydrolysis) is 1. The van der Waals surface area contributed by atoms with E-state index in [1.54, 1.807) is 11.1 Å². The van der Waals surface area contributed by atoms with Crippen molar-refractivity contribution < 1.29 is 19.1 Å². The van der Waals surface area contributed by atoms with E-state index < -0.39 is 12.1 Å². The highest BCUT2D eigenvalue weighted by molar-refractivity contribution is 6.10. The van der Waals surface area contributed by atoms with Gasteiger partial charge in [0.1, 0.15) is 17.7 Å². The third-order valence-electron chi connectivity index (χ3n) is 12.1. The van der Waals surface area contributed by atoms with Gasteiger partial charge >= 0.3 is 6.09 Å². The number of hydrogen-bond donors (Lipinski definition) is 3. The molecule has 0 saturated carbocycles. The van der Waals surface area contributed by atoms with E-state index in [1.165, 1.54) is 13.5 Å². The van der Waals surface area contributed by atoms with Crippen LogP contribution in [0.1, 0.15) is 107 Å². The van der Waals surface area contributed by atoms with Crippen molar-refractivity contribution in [3.8, 4) is 22.5 Å². The lowest BCUT2D eigenvalue weighted by atomic mass is 9.90. The predicted molar refractivity (Wildman–Crippen MR) is 209 cm³/mol. The van der Waals surface area contributed by atoms with Crippen molar-refractivity contribution in [2.24, 2.45) is 17.8 Å². The monoisotopic (exact) mass is 734 g/mol. The number of benzene rings is 2. The summed E-state index contributed by atoms with van der Waals surface area (Å²) in [4.78, 5) is 62.0. The molecule has 3 aliphatic heterocycles. The minimum absolute atomic E-state index is 0.0233. The first kappa shape index (κ1) is 37.3. The Kier molecular flexibility index (Phi) is 10.7. The lowest BCUT2D eigenvalue weighted by molar-refractivity contribution is -0.135. The minimum atomic E-state index is -0.695. The number of H-pyrrole nitrogens is 2. The molecule has 7 rings (SSSR count). The topological polar surface area (TPSA) is 140 Å². The molecule has 2 saturated heterocycles. The fraction of sp³-hybridized carbons (Fsp3) is 0.500. The summed E-state index contributed by atoms with van der Waals surface area (Å²) in [5.41, 5.74) is 6.24. The molecule has 3 amide bonds. The van der Waals surface area contributed by atoms with Gasteiger partial charge in [-0.05, 0) is 97.9 Å². The lowest BCUT2D eigenvalue weighted by Gasteiger charge is -2.35.